The smallest absolute Gasteiger partial charge is 0.220 e. The molecule has 0 aromatic carbocycles. The highest BCUT2D eigenvalue weighted by Gasteiger charge is 2.38. The molecule has 0 aliphatic heterocycles. The average Bonchev–Trinajstić information content (AvgIpc) is 2.22. The van der Waals surface area contributed by atoms with Gasteiger partial charge in [0.05, 0.1) is 5.54 Å². The first-order chi connectivity index (χ1) is 2.77. The first kappa shape index (κ1) is 3.81. The van der Waals surface area contributed by atoms with Gasteiger partial charge in [0.15, 0.2) is 0 Å². The Bertz CT molecular complexity index is 75.6. The number of rotatable bonds is 1. The second-order valence-corrected chi connectivity index (χ2v) is 1.76. The molecule has 0 atom stereocenters. The van der Waals surface area contributed by atoms with Gasteiger partial charge in [-0.1, -0.05) is 0 Å². The van der Waals surface area contributed by atoms with Gasteiger partial charge in [0.25, 0.3) is 0 Å². The molecule has 2 heteroatoms. The normalized spacial score (nSPS) is 26.2. The maximum absolute atomic E-state index is 9.64. The molecule has 33 valence electrons. The molecule has 0 amide bonds. The van der Waals surface area contributed by atoms with Gasteiger partial charge < -0.3 is 5.73 Å². The van der Waals surface area contributed by atoms with E-state index in [1.165, 1.54) is 0 Å². The third-order valence-corrected chi connectivity index (χ3v) is 0.992. The quantitative estimate of drug-likeness (QED) is 0.469. The monoisotopic (exact) mass is 84.0 g/mol. The van der Waals surface area contributed by atoms with Crippen molar-refractivity contribution < 1.29 is 4.79 Å². The van der Waals surface area contributed by atoms with E-state index in [1.807, 2.05) is 0 Å². The summed E-state index contributed by atoms with van der Waals surface area (Å²) in [5.41, 5.74) is 4.71. The van der Waals surface area contributed by atoms with Crippen LogP contribution < -0.4 is 5.73 Å². The predicted octanol–water partition coefficient (Wildman–Crippen LogP) is -0.413. The molecule has 1 aliphatic carbocycles. The number of hydrogen-bond donors (Lipinski definition) is 1. The second kappa shape index (κ2) is 0.819. The van der Waals surface area contributed by atoms with Gasteiger partial charge in [0, 0.05) is 0 Å². The van der Waals surface area contributed by atoms with Crippen LogP contribution in [0.5, 0.6) is 0 Å². The van der Waals surface area contributed by atoms with Gasteiger partial charge in [-0.25, -0.2) is 0 Å². The molecule has 0 heterocycles. The van der Waals surface area contributed by atoms with Crippen LogP contribution in [-0.2, 0) is 4.79 Å². The summed E-state index contributed by atoms with van der Waals surface area (Å²) in [6.07, 6.45) is 3.40. The molecule has 0 spiro atoms. The molecule has 2 nitrogen and oxygen atoms in total. The van der Waals surface area contributed by atoms with Crippen molar-refractivity contribution in [2.75, 3.05) is 0 Å². The number of hydrogen-bond acceptors (Lipinski definition) is 2. The SMILES string of the molecule is NC1([C]=O)CC1. The molecule has 2 N–H and O–H groups in total. The van der Waals surface area contributed by atoms with Gasteiger partial charge >= 0.3 is 0 Å². The summed E-state index contributed by atoms with van der Waals surface area (Å²) < 4.78 is 0. The Morgan fingerprint density at radius 1 is 1.67 bits per heavy atom. The summed E-state index contributed by atoms with van der Waals surface area (Å²) in [7, 11) is 0. The van der Waals surface area contributed by atoms with Crippen LogP contribution >= 0.6 is 0 Å². The Labute approximate surface area is 36.3 Å². The number of nitrogens with two attached hydrogens (primary N) is 1. The fourth-order valence-electron chi connectivity index (χ4n) is 0.237. The lowest BCUT2D eigenvalue weighted by Gasteiger charge is -1.85. The number of carbonyl (C=O) groups excluding carboxylic acids is 1. The third kappa shape index (κ3) is 0.431. The lowest BCUT2D eigenvalue weighted by atomic mass is 10.4. The molecule has 0 saturated heterocycles. The lowest BCUT2D eigenvalue weighted by molar-refractivity contribution is 0.539. The van der Waals surface area contributed by atoms with Crippen molar-refractivity contribution in [3.8, 4) is 0 Å². The predicted molar refractivity (Wildman–Crippen MR) is 21.8 cm³/mol. The molecule has 0 unspecified atom stereocenters. The van der Waals surface area contributed by atoms with Crippen LogP contribution in [-0.4, -0.2) is 11.8 Å². The fourth-order valence-corrected chi connectivity index (χ4v) is 0.237. The fraction of sp³-hybridized carbons (Fsp3) is 0.750. The average molecular weight is 84.1 g/mol. The lowest BCUT2D eigenvalue weighted by Crippen LogP contribution is -2.22. The summed E-state index contributed by atoms with van der Waals surface area (Å²) in [6, 6.07) is 0. The highest BCUT2D eigenvalue weighted by Crippen LogP contribution is 2.28. The maximum Gasteiger partial charge on any atom is 0.220 e. The molecule has 6 heavy (non-hydrogen) atoms. The molecule has 0 bridgehead atoms. The van der Waals surface area contributed by atoms with Gasteiger partial charge in [-0.3, -0.25) is 4.79 Å². The van der Waals surface area contributed by atoms with Crippen LogP contribution in [0.3, 0.4) is 0 Å². The van der Waals surface area contributed by atoms with Crippen molar-refractivity contribution in [1.82, 2.24) is 0 Å². The molecule has 1 fully saturated rings. The topological polar surface area (TPSA) is 43.1 Å². The van der Waals surface area contributed by atoms with E-state index in [0.29, 0.717) is 0 Å². The van der Waals surface area contributed by atoms with Gasteiger partial charge in [0.2, 0.25) is 6.29 Å². The standard InChI is InChI=1S/C4H6NO/c5-4(3-6)1-2-4/h1-2,5H2. The first-order valence-corrected chi connectivity index (χ1v) is 1.95. The third-order valence-electron chi connectivity index (χ3n) is 0.992. The van der Waals surface area contributed by atoms with E-state index in [4.69, 9.17) is 5.73 Å². The van der Waals surface area contributed by atoms with Gasteiger partial charge in [-0.2, -0.15) is 0 Å². The Morgan fingerprint density at radius 2 is 2.17 bits per heavy atom. The van der Waals surface area contributed by atoms with Crippen LogP contribution in [0.4, 0.5) is 0 Å². The summed E-state index contributed by atoms with van der Waals surface area (Å²) in [4.78, 5) is 9.64. The van der Waals surface area contributed by atoms with Gasteiger partial charge in [-0.05, 0) is 12.8 Å². The summed E-state index contributed by atoms with van der Waals surface area (Å²) >= 11 is 0. The van der Waals surface area contributed by atoms with E-state index in [9.17, 15) is 4.79 Å². The van der Waals surface area contributed by atoms with Crippen molar-refractivity contribution >= 4 is 6.29 Å². The maximum atomic E-state index is 9.64. The van der Waals surface area contributed by atoms with Crippen molar-refractivity contribution in [3.63, 3.8) is 0 Å². The van der Waals surface area contributed by atoms with E-state index in [2.05, 4.69) is 0 Å². The largest absolute Gasteiger partial charge is 0.319 e. The van der Waals surface area contributed by atoms with Crippen molar-refractivity contribution in [2.24, 2.45) is 5.73 Å². The van der Waals surface area contributed by atoms with Crippen molar-refractivity contribution in [3.05, 3.63) is 0 Å². The Morgan fingerprint density at radius 3 is 2.17 bits per heavy atom. The van der Waals surface area contributed by atoms with Gasteiger partial charge in [-0.15, -0.1) is 0 Å². The minimum Gasteiger partial charge on any atom is -0.319 e. The van der Waals surface area contributed by atoms with Crippen molar-refractivity contribution in [2.45, 2.75) is 18.4 Å². The molecule has 1 saturated carbocycles. The molecule has 1 radical (unpaired) electrons. The summed E-state index contributed by atoms with van der Waals surface area (Å²) in [5, 5.41) is 0. The summed E-state index contributed by atoms with van der Waals surface area (Å²) in [5.74, 6) is 0. The van der Waals surface area contributed by atoms with E-state index in [-0.39, 0.29) is 0 Å². The highest BCUT2D eigenvalue weighted by atomic mass is 16.1. The van der Waals surface area contributed by atoms with Crippen LogP contribution in [0.15, 0.2) is 0 Å². The molecule has 0 aromatic heterocycles. The van der Waals surface area contributed by atoms with E-state index in [0.717, 1.165) is 12.8 Å². The molecular formula is C4H6NO. The van der Waals surface area contributed by atoms with E-state index in [1.54, 1.807) is 6.29 Å². The zero-order valence-corrected chi connectivity index (χ0v) is 3.40. The van der Waals surface area contributed by atoms with Crippen LogP contribution in [0.1, 0.15) is 12.8 Å². The second-order valence-electron chi connectivity index (χ2n) is 1.76. The molecular weight excluding hydrogens is 78.0 g/mol. The van der Waals surface area contributed by atoms with E-state index < -0.39 is 5.54 Å². The first-order valence-electron chi connectivity index (χ1n) is 1.95. The zero-order chi connectivity index (χ0) is 4.62. The van der Waals surface area contributed by atoms with Crippen LogP contribution in [0, 0.1) is 0 Å². The minimum atomic E-state index is -0.514. The molecule has 0 aromatic rings. The molecule has 1 rings (SSSR count). The van der Waals surface area contributed by atoms with E-state index >= 15 is 0 Å². The minimum absolute atomic E-state index is 0.514. The Balaban J connectivity index is 2.47. The molecule has 1 aliphatic rings. The Kier molecular flexibility index (Phi) is 0.520. The van der Waals surface area contributed by atoms with Gasteiger partial charge in [0.1, 0.15) is 0 Å². The Hall–Kier alpha value is -0.370. The van der Waals surface area contributed by atoms with Crippen LogP contribution in [0.25, 0.3) is 0 Å². The van der Waals surface area contributed by atoms with Crippen LogP contribution in [0.2, 0.25) is 0 Å². The van der Waals surface area contributed by atoms with Crippen molar-refractivity contribution in [1.29, 1.82) is 0 Å². The summed E-state index contributed by atoms with van der Waals surface area (Å²) in [6.45, 7) is 0. The highest BCUT2D eigenvalue weighted by molar-refractivity contribution is 5.68. The zero-order valence-electron chi connectivity index (χ0n) is 3.40.